The lowest BCUT2D eigenvalue weighted by Crippen LogP contribution is -2.12. The van der Waals surface area contributed by atoms with Crippen molar-refractivity contribution in [1.29, 1.82) is 0 Å². The number of aromatic hydroxyl groups is 1. The molecule has 0 unspecified atom stereocenters. The van der Waals surface area contributed by atoms with Crippen LogP contribution in [0.1, 0.15) is 17.5 Å². The van der Waals surface area contributed by atoms with Gasteiger partial charge in [-0.15, -0.1) is 0 Å². The molecule has 1 amide bonds. The molecule has 0 saturated carbocycles. The molecule has 2 N–H and O–H groups in total. The van der Waals surface area contributed by atoms with Crippen LogP contribution in [-0.4, -0.2) is 11.0 Å². The number of phenolic OH excluding ortho intramolecular Hbond substituents is 1. The molecule has 3 nitrogen and oxygen atoms in total. The summed E-state index contributed by atoms with van der Waals surface area (Å²) in [5.74, 6) is -0.0224. The van der Waals surface area contributed by atoms with E-state index in [-0.39, 0.29) is 11.7 Å². The van der Waals surface area contributed by atoms with Crippen LogP contribution in [0.5, 0.6) is 5.75 Å². The number of nitrogens with one attached hydrogen (secondary N) is 1. The third-order valence-corrected chi connectivity index (χ3v) is 3.30. The molecule has 0 saturated heterocycles. The highest BCUT2D eigenvalue weighted by Crippen LogP contribution is 2.26. The molecule has 0 fully saturated rings. The Bertz CT molecular complexity index is 608. The van der Waals surface area contributed by atoms with Gasteiger partial charge < -0.3 is 10.4 Å². The van der Waals surface area contributed by atoms with Crippen LogP contribution in [0.3, 0.4) is 0 Å². The smallest absolute Gasteiger partial charge is 0.224 e. The van der Waals surface area contributed by atoms with E-state index < -0.39 is 0 Å². The van der Waals surface area contributed by atoms with Crippen LogP contribution in [0.15, 0.2) is 42.5 Å². The zero-order valence-corrected chi connectivity index (χ0v) is 11.9. The van der Waals surface area contributed by atoms with E-state index in [1.165, 1.54) is 17.7 Å². The maximum absolute atomic E-state index is 11.9. The van der Waals surface area contributed by atoms with Gasteiger partial charge in [0.25, 0.3) is 0 Å². The van der Waals surface area contributed by atoms with Gasteiger partial charge in [0.2, 0.25) is 5.91 Å². The number of halogens is 1. The van der Waals surface area contributed by atoms with E-state index in [0.29, 0.717) is 23.6 Å². The number of hydrogen-bond acceptors (Lipinski definition) is 2. The molecule has 0 radical (unpaired) electrons. The largest absolute Gasteiger partial charge is 0.508 e. The predicted molar refractivity (Wildman–Crippen MR) is 81.2 cm³/mol. The Morgan fingerprint density at radius 3 is 2.55 bits per heavy atom. The van der Waals surface area contributed by atoms with Crippen LogP contribution in [0.4, 0.5) is 5.69 Å². The average Bonchev–Trinajstić information content (AvgIpc) is 2.41. The van der Waals surface area contributed by atoms with E-state index in [1.807, 2.05) is 31.2 Å². The van der Waals surface area contributed by atoms with Crippen molar-refractivity contribution in [2.24, 2.45) is 0 Å². The van der Waals surface area contributed by atoms with Gasteiger partial charge in [0.15, 0.2) is 0 Å². The van der Waals surface area contributed by atoms with Crippen LogP contribution in [0, 0.1) is 6.92 Å². The number of rotatable bonds is 4. The number of anilines is 1. The Labute approximate surface area is 123 Å². The monoisotopic (exact) mass is 289 g/mol. The minimum atomic E-state index is -0.0989. The predicted octanol–water partition coefficient (Wildman–Crippen LogP) is 3.93. The zero-order chi connectivity index (χ0) is 14.5. The van der Waals surface area contributed by atoms with Gasteiger partial charge in [-0.1, -0.05) is 41.4 Å². The summed E-state index contributed by atoms with van der Waals surface area (Å²) in [4.78, 5) is 11.9. The van der Waals surface area contributed by atoms with E-state index in [1.54, 1.807) is 6.07 Å². The molecule has 104 valence electrons. The van der Waals surface area contributed by atoms with Crippen molar-refractivity contribution in [1.82, 2.24) is 0 Å². The van der Waals surface area contributed by atoms with Gasteiger partial charge in [-0.25, -0.2) is 0 Å². The van der Waals surface area contributed by atoms with Crippen LogP contribution in [0.2, 0.25) is 5.02 Å². The van der Waals surface area contributed by atoms with Gasteiger partial charge in [0, 0.05) is 12.5 Å². The molecule has 0 atom stereocenters. The average molecular weight is 290 g/mol. The van der Waals surface area contributed by atoms with E-state index in [0.717, 1.165) is 5.56 Å². The molecule has 2 aromatic carbocycles. The lowest BCUT2D eigenvalue weighted by Gasteiger charge is -2.07. The summed E-state index contributed by atoms with van der Waals surface area (Å²) in [5, 5.41) is 12.3. The van der Waals surface area contributed by atoms with Crippen LogP contribution >= 0.6 is 11.6 Å². The Balaban J connectivity index is 1.90. The maximum Gasteiger partial charge on any atom is 0.224 e. The SMILES string of the molecule is Cc1ccc(CCC(=O)Nc2ccc(O)cc2Cl)cc1. The normalized spacial score (nSPS) is 10.3. The molecule has 20 heavy (non-hydrogen) atoms. The third-order valence-electron chi connectivity index (χ3n) is 2.99. The highest BCUT2D eigenvalue weighted by atomic mass is 35.5. The van der Waals surface area contributed by atoms with Gasteiger partial charge in [-0.2, -0.15) is 0 Å². The second-order valence-electron chi connectivity index (χ2n) is 4.70. The molecule has 0 aliphatic rings. The molecule has 0 aliphatic heterocycles. The molecule has 0 bridgehead atoms. The highest BCUT2D eigenvalue weighted by molar-refractivity contribution is 6.33. The first-order valence-electron chi connectivity index (χ1n) is 6.38. The van der Waals surface area contributed by atoms with Gasteiger partial charge in [0.1, 0.15) is 5.75 Å². The van der Waals surface area contributed by atoms with E-state index in [4.69, 9.17) is 11.6 Å². The number of carbonyl (C=O) groups is 1. The first kappa shape index (κ1) is 14.4. The number of carbonyl (C=O) groups excluding carboxylic acids is 1. The van der Waals surface area contributed by atoms with Crippen molar-refractivity contribution in [3.63, 3.8) is 0 Å². The highest BCUT2D eigenvalue weighted by Gasteiger charge is 2.07. The molecular formula is C16H16ClNO2. The van der Waals surface area contributed by atoms with Crippen molar-refractivity contribution in [3.05, 3.63) is 58.6 Å². The van der Waals surface area contributed by atoms with Crippen LogP contribution in [-0.2, 0) is 11.2 Å². The Hall–Kier alpha value is -2.00. The number of hydrogen-bond donors (Lipinski definition) is 2. The summed E-state index contributed by atoms with van der Waals surface area (Å²) in [6.45, 7) is 2.03. The van der Waals surface area contributed by atoms with Crippen molar-refractivity contribution in [3.8, 4) is 5.75 Å². The second-order valence-corrected chi connectivity index (χ2v) is 5.11. The fourth-order valence-electron chi connectivity index (χ4n) is 1.83. The first-order valence-corrected chi connectivity index (χ1v) is 6.76. The lowest BCUT2D eigenvalue weighted by atomic mass is 10.1. The van der Waals surface area contributed by atoms with E-state index in [2.05, 4.69) is 5.32 Å². The lowest BCUT2D eigenvalue weighted by molar-refractivity contribution is -0.116. The molecule has 0 aliphatic carbocycles. The molecular weight excluding hydrogens is 274 g/mol. The summed E-state index contributed by atoms with van der Waals surface area (Å²) in [6.07, 6.45) is 1.07. The van der Waals surface area contributed by atoms with Crippen molar-refractivity contribution >= 4 is 23.2 Å². The van der Waals surface area contributed by atoms with Gasteiger partial charge in [-0.05, 0) is 31.0 Å². The number of aryl methyl sites for hydroxylation is 2. The van der Waals surface area contributed by atoms with Crippen LogP contribution in [0.25, 0.3) is 0 Å². The molecule has 0 spiro atoms. The quantitative estimate of drug-likeness (QED) is 0.838. The number of benzene rings is 2. The fourth-order valence-corrected chi connectivity index (χ4v) is 2.05. The molecule has 2 aromatic rings. The summed E-state index contributed by atoms with van der Waals surface area (Å²) < 4.78 is 0. The summed E-state index contributed by atoms with van der Waals surface area (Å²) >= 11 is 5.93. The van der Waals surface area contributed by atoms with Crippen molar-refractivity contribution < 1.29 is 9.90 Å². The van der Waals surface area contributed by atoms with Gasteiger partial charge in [-0.3, -0.25) is 4.79 Å². The van der Waals surface area contributed by atoms with E-state index >= 15 is 0 Å². The molecule has 0 heterocycles. The molecule has 0 aromatic heterocycles. The molecule has 2 rings (SSSR count). The summed E-state index contributed by atoms with van der Waals surface area (Å²) in [7, 11) is 0. The Morgan fingerprint density at radius 2 is 1.90 bits per heavy atom. The Morgan fingerprint density at radius 1 is 1.20 bits per heavy atom. The zero-order valence-electron chi connectivity index (χ0n) is 11.2. The topological polar surface area (TPSA) is 49.3 Å². The van der Waals surface area contributed by atoms with Gasteiger partial charge >= 0.3 is 0 Å². The summed E-state index contributed by atoms with van der Waals surface area (Å²) in [6, 6.07) is 12.6. The van der Waals surface area contributed by atoms with Crippen molar-refractivity contribution in [2.45, 2.75) is 19.8 Å². The van der Waals surface area contributed by atoms with Gasteiger partial charge in [0.05, 0.1) is 10.7 Å². The minimum absolute atomic E-state index is 0.0765. The van der Waals surface area contributed by atoms with Crippen LogP contribution < -0.4 is 5.32 Å². The number of phenols is 1. The number of amides is 1. The first-order chi connectivity index (χ1) is 9.54. The second kappa shape index (κ2) is 6.44. The van der Waals surface area contributed by atoms with Crippen molar-refractivity contribution in [2.75, 3.05) is 5.32 Å². The third kappa shape index (κ3) is 4.00. The Kier molecular flexibility index (Phi) is 4.64. The van der Waals surface area contributed by atoms with E-state index in [9.17, 15) is 9.90 Å². The standard InChI is InChI=1S/C16H16ClNO2/c1-11-2-4-12(5-3-11)6-9-16(20)18-15-8-7-13(19)10-14(15)17/h2-5,7-8,10,19H,6,9H2,1H3,(H,18,20). The molecule has 4 heteroatoms. The fraction of sp³-hybridized carbons (Fsp3) is 0.188. The summed E-state index contributed by atoms with van der Waals surface area (Å²) in [5.41, 5.74) is 2.84. The maximum atomic E-state index is 11.9. The minimum Gasteiger partial charge on any atom is -0.508 e.